The van der Waals surface area contributed by atoms with Crippen molar-refractivity contribution in [1.29, 1.82) is 0 Å². The minimum Gasteiger partial charge on any atom is -0.319 e. The van der Waals surface area contributed by atoms with Crippen LogP contribution in [-0.2, 0) is 5.54 Å². The van der Waals surface area contributed by atoms with Gasteiger partial charge in [0.25, 0.3) is 0 Å². The average molecular weight is 233 g/mol. The van der Waals surface area contributed by atoms with Crippen LogP contribution >= 0.6 is 11.3 Å². The van der Waals surface area contributed by atoms with Gasteiger partial charge in [0.15, 0.2) is 0 Å². The molecule has 0 radical (unpaired) electrons. The minimum atomic E-state index is -0.502. The first kappa shape index (κ1) is 11.2. The highest BCUT2D eigenvalue weighted by atomic mass is 32.1. The van der Waals surface area contributed by atoms with Crippen LogP contribution in [0.2, 0.25) is 0 Å². The lowest BCUT2D eigenvalue weighted by molar-refractivity contribution is 0.513. The van der Waals surface area contributed by atoms with E-state index >= 15 is 0 Å². The van der Waals surface area contributed by atoms with Crippen LogP contribution < -0.4 is 5.73 Å². The Balaban J connectivity index is 2.53. The summed E-state index contributed by atoms with van der Waals surface area (Å²) in [5, 5.41) is 2.04. The summed E-state index contributed by atoms with van der Waals surface area (Å²) >= 11 is 1.67. The van der Waals surface area contributed by atoms with Crippen molar-refractivity contribution in [2.45, 2.75) is 26.3 Å². The summed E-state index contributed by atoms with van der Waals surface area (Å²) in [5.41, 5.74) is 7.43. The molecule has 0 bridgehead atoms. The van der Waals surface area contributed by atoms with Crippen molar-refractivity contribution in [1.82, 2.24) is 9.97 Å². The highest BCUT2D eigenvalue weighted by Crippen LogP contribution is 2.24. The molecular formula is C12H15N3S. The Labute approximate surface area is 99.4 Å². The van der Waals surface area contributed by atoms with Gasteiger partial charge in [0.05, 0.1) is 16.1 Å². The molecule has 2 heterocycles. The van der Waals surface area contributed by atoms with Crippen LogP contribution in [0.5, 0.6) is 0 Å². The lowest BCUT2D eigenvalue weighted by atomic mass is 10.1. The third-order valence-electron chi connectivity index (χ3n) is 2.20. The van der Waals surface area contributed by atoms with Crippen molar-refractivity contribution < 1.29 is 0 Å². The molecule has 0 aliphatic heterocycles. The summed E-state index contributed by atoms with van der Waals surface area (Å²) in [5.74, 6) is 0.691. The Bertz CT molecular complexity index is 483. The highest BCUT2D eigenvalue weighted by Gasteiger charge is 2.19. The molecule has 2 N–H and O–H groups in total. The molecule has 0 fully saturated rings. The monoisotopic (exact) mass is 233 g/mol. The molecule has 2 aromatic heterocycles. The van der Waals surface area contributed by atoms with Gasteiger partial charge in [-0.15, -0.1) is 11.3 Å². The predicted octanol–water partition coefficient (Wildman–Crippen LogP) is 2.71. The van der Waals surface area contributed by atoms with Gasteiger partial charge >= 0.3 is 0 Å². The van der Waals surface area contributed by atoms with E-state index in [0.717, 1.165) is 16.3 Å². The molecule has 0 aliphatic rings. The molecule has 0 saturated heterocycles. The Morgan fingerprint density at radius 2 is 2.06 bits per heavy atom. The van der Waals surface area contributed by atoms with Crippen LogP contribution in [0.1, 0.15) is 25.4 Å². The molecule has 0 amide bonds. The number of hydrogen-bond acceptors (Lipinski definition) is 4. The van der Waals surface area contributed by atoms with Gasteiger partial charge in [0.2, 0.25) is 0 Å². The first-order valence-corrected chi connectivity index (χ1v) is 6.04. The quantitative estimate of drug-likeness (QED) is 0.867. The SMILES string of the molecule is Cc1cc(-c2cccs2)nc(C(C)(C)N)n1. The maximum Gasteiger partial charge on any atom is 0.148 e. The molecule has 0 spiro atoms. The zero-order valence-corrected chi connectivity index (χ0v) is 10.5. The first-order valence-electron chi connectivity index (χ1n) is 5.16. The summed E-state index contributed by atoms with van der Waals surface area (Å²) in [6.45, 7) is 5.80. The topological polar surface area (TPSA) is 51.8 Å². The van der Waals surface area contributed by atoms with E-state index < -0.39 is 5.54 Å². The molecule has 16 heavy (non-hydrogen) atoms. The van der Waals surface area contributed by atoms with Gasteiger partial charge in [0.1, 0.15) is 5.82 Å². The second-order valence-corrected chi connectivity index (χ2v) is 5.36. The summed E-state index contributed by atoms with van der Waals surface area (Å²) < 4.78 is 0. The van der Waals surface area contributed by atoms with Crippen molar-refractivity contribution in [2.75, 3.05) is 0 Å². The van der Waals surface area contributed by atoms with Crippen LogP contribution in [0.4, 0.5) is 0 Å². The molecule has 3 nitrogen and oxygen atoms in total. The second-order valence-electron chi connectivity index (χ2n) is 4.42. The molecule has 0 unspecified atom stereocenters. The lowest BCUT2D eigenvalue weighted by Crippen LogP contribution is -2.31. The normalized spacial score (nSPS) is 11.8. The Morgan fingerprint density at radius 1 is 1.31 bits per heavy atom. The lowest BCUT2D eigenvalue weighted by Gasteiger charge is -2.17. The largest absolute Gasteiger partial charge is 0.319 e. The predicted molar refractivity (Wildman–Crippen MR) is 67.3 cm³/mol. The Morgan fingerprint density at radius 3 is 2.62 bits per heavy atom. The van der Waals surface area contributed by atoms with Gasteiger partial charge in [-0.1, -0.05) is 6.07 Å². The standard InChI is InChI=1S/C12H15N3S/c1-8-7-9(10-5-4-6-16-10)15-11(14-8)12(2,3)13/h4-7H,13H2,1-3H3. The molecule has 0 aliphatic carbocycles. The third-order valence-corrected chi connectivity index (χ3v) is 3.10. The molecule has 0 saturated carbocycles. The van der Waals surface area contributed by atoms with Crippen LogP contribution in [0.25, 0.3) is 10.6 Å². The summed E-state index contributed by atoms with van der Waals surface area (Å²) in [4.78, 5) is 10.1. The van der Waals surface area contributed by atoms with Crippen molar-refractivity contribution in [2.24, 2.45) is 5.73 Å². The van der Waals surface area contributed by atoms with Crippen molar-refractivity contribution in [3.05, 3.63) is 35.1 Å². The van der Waals surface area contributed by atoms with E-state index in [0.29, 0.717) is 5.82 Å². The van der Waals surface area contributed by atoms with E-state index in [2.05, 4.69) is 16.0 Å². The number of aryl methyl sites for hydroxylation is 1. The van der Waals surface area contributed by atoms with Crippen LogP contribution in [0, 0.1) is 6.92 Å². The molecule has 2 aromatic rings. The number of nitrogens with two attached hydrogens (primary N) is 1. The first-order chi connectivity index (χ1) is 7.47. The minimum absolute atomic E-state index is 0.502. The number of nitrogens with zero attached hydrogens (tertiary/aromatic N) is 2. The zero-order chi connectivity index (χ0) is 11.8. The molecular weight excluding hydrogens is 218 g/mol. The maximum absolute atomic E-state index is 6.03. The van der Waals surface area contributed by atoms with Gasteiger partial charge in [-0.2, -0.15) is 0 Å². The molecule has 0 aromatic carbocycles. The fourth-order valence-electron chi connectivity index (χ4n) is 1.41. The van der Waals surface area contributed by atoms with E-state index in [1.54, 1.807) is 11.3 Å². The van der Waals surface area contributed by atoms with E-state index in [4.69, 9.17) is 5.73 Å². The maximum atomic E-state index is 6.03. The van der Waals surface area contributed by atoms with Crippen molar-refractivity contribution in [3.63, 3.8) is 0 Å². The van der Waals surface area contributed by atoms with Crippen LogP contribution in [-0.4, -0.2) is 9.97 Å². The number of hydrogen-bond donors (Lipinski definition) is 1. The fourth-order valence-corrected chi connectivity index (χ4v) is 2.09. The average Bonchev–Trinajstić information content (AvgIpc) is 2.68. The Hall–Kier alpha value is -1.26. The van der Waals surface area contributed by atoms with Crippen molar-refractivity contribution in [3.8, 4) is 10.6 Å². The van der Waals surface area contributed by atoms with Gasteiger partial charge < -0.3 is 5.73 Å². The van der Waals surface area contributed by atoms with E-state index in [-0.39, 0.29) is 0 Å². The molecule has 4 heteroatoms. The number of aromatic nitrogens is 2. The van der Waals surface area contributed by atoms with E-state index in [9.17, 15) is 0 Å². The van der Waals surface area contributed by atoms with Crippen LogP contribution in [0.15, 0.2) is 23.6 Å². The second kappa shape index (κ2) is 3.96. The summed E-state index contributed by atoms with van der Waals surface area (Å²) in [7, 11) is 0. The van der Waals surface area contributed by atoms with Crippen molar-refractivity contribution >= 4 is 11.3 Å². The molecule has 0 atom stereocenters. The van der Waals surface area contributed by atoms with Crippen LogP contribution in [0.3, 0.4) is 0 Å². The van der Waals surface area contributed by atoms with Gasteiger partial charge in [-0.3, -0.25) is 0 Å². The van der Waals surface area contributed by atoms with Gasteiger partial charge in [0, 0.05) is 5.69 Å². The molecule has 2 rings (SSSR count). The third kappa shape index (κ3) is 2.28. The highest BCUT2D eigenvalue weighted by molar-refractivity contribution is 7.13. The smallest absolute Gasteiger partial charge is 0.148 e. The van der Waals surface area contributed by atoms with E-state index in [1.165, 1.54) is 0 Å². The number of thiophene rings is 1. The summed E-state index contributed by atoms with van der Waals surface area (Å²) in [6, 6.07) is 6.06. The van der Waals surface area contributed by atoms with E-state index in [1.807, 2.05) is 38.3 Å². The number of rotatable bonds is 2. The Kier molecular flexibility index (Phi) is 2.78. The fraction of sp³-hybridized carbons (Fsp3) is 0.333. The summed E-state index contributed by atoms with van der Waals surface area (Å²) in [6.07, 6.45) is 0. The zero-order valence-electron chi connectivity index (χ0n) is 9.69. The van der Waals surface area contributed by atoms with Gasteiger partial charge in [-0.05, 0) is 38.3 Å². The van der Waals surface area contributed by atoms with Gasteiger partial charge in [-0.25, -0.2) is 9.97 Å². The molecule has 84 valence electrons.